The molecule has 1 unspecified atom stereocenters. The molecule has 0 bridgehead atoms. The number of aliphatic hydroxyl groups is 1. The van der Waals surface area contributed by atoms with E-state index in [0.717, 1.165) is 32.1 Å². The van der Waals surface area contributed by atoms with Gasteiger partial charge in [0.2, 0.25) is 0 Å². The van der Waals surface area contributed by atoms with Gasteiger partial charge in [0.1, 0.15) is 5.78 Å². The number of fused-ring (bicyclic) bond motifs is 5. The van der Waals surface area contributed by atoms with Gasteiger partial charge in [-0.05, 0) is 67.3 Å². The molecule has 3 heteroatoms. The molecule has 4 aliphatic carbocycles. The van der Waals surface area contributed by atoms with Gasteiger partial charge >= 0.3 is 0 Å². The lowest BCUT2D eigenvalue weighted by molar-refractivity contribution is -0.141. The van der Waals surface area contributed by atoms with Gasteiger partial charge in [-0.25, -0.2) is 0 Å². The Morgan fingerprint density at radius 1 is 1.18 bits per heavy atom. The average Bonchev–Trinajstić information content (AvgIpc) is 2.86. The lowest BCUT2D eigenvalue weighted by Crippen LogP contribution is -2.54. The molecule has 4 aliphatic rings. The smallest absolute Gasteiger partial charge is 0.155 e. The highest BCUT2D eigenvalue weighted by Gasteiger charge is 2.61. The van der Waals surface area contributed by atoms with E-state index < -0.39 is 5.41 Å². The summed E-state index contributed by atoms with van der Waals surface area (Å²) >= 11 is 0. The Labute approximate surface area is 132 Å². The van der Waals surface area contributed by atoms with Crippen LogP contribution in [0.2, 0.25) is 0 Å². The predicted molar refractivity (Wildman–Crippen MR) is 83.1 cm³/mol. The van der Waals surface area contributed by atoms with Crippen LogP contribution in [0.5, 0.6) is 0 Å². The molecule has 0 aliphatic heterocycles. The fraction of sp³-hybridized carbons (Fsp3) is 0.789. The summed E-state index contributed by atoms with van der Waals surface area (Å²) in [5, 5.41) is 9.96. The summed E-state index contributed by atoms with van der Waals surface area (Å²) in [6.45, 7) is 2.37. The van der Waals surface area contributed by atoms with Gasteiger partial charge in [-0.3, -0.25) is 9.59 Å². The van der Waals surface area contributed by atoms with E-state index in [2.05, 4.69) is 13.0 Å². The Morgan fingerprint density at radius 2 is 2.00 bits per heavy atom. The minimum Gasteiger partial charge on any atom is -0.395 e. The minimum atomic E-state index is -0.432. The Bertz CT molecular complexity index is 551. The van der Waals surface area contributed by atoms with Gasteiger partial charge in [-0.1, -0.05) is 13.0 Å². The van der Waals surface area contributed by atoms with Crippen LogP contribution in [-0.4, -0.2) is 23.3 Å². The fourth-order valence-corrected chi connectivity index (χ4v) is 6.51. The highest BCUT2D eigenvalue weighted by Crippen LogP contribution is 2.64. The van der Waals surface area contributed by atoms with Crippen LogP contribution in [-0.2, 0) is 9.59 Å². The van der Waals surface area contributed by atoms with Crippen LogP contribution in [0.25, 0.3) is 0 Å². The van der Waals surface area contributed by atoms with Gasteiger partial charge in [0.15, 0.2) is 5.78 Å². The lowest BCUT2D eigenvalue weighted by atomic mass is 9.46. The fourth-order valence-electron chi connectivity index (χ4n) is 6.51. The van der Waals surface area contributed by atoms with Gasteiger partial charge in [0, 0.05) is 12.8 Å². The highest BCUT2D eigenvalue weighted by atomic mass is 16.3. The predicted octanol–water partition coefficient (Wildman–Crippen LogP) is 2.92. The van der Waals surface area contributed by atoms with Crippen molar-refractivity contribution in [3.05, 3.63) is 12.2 Å². The van der Waals surface area contributed by atoms with Crippen LogP contribution in [0.15, 0.2) is 12.2 Å². The maximum Gasteiger partial charge on any atom is 0.155 e. The van der Waals surface area contributed by atoms with E-state index in [-0.39, 0.29) is 17.8 Å². The van der Waals surface area contributed by atoms with Crippen molar-refractivity contribution in [3.8, 4) is 0 Å². The van der Waals surface area contributed by atoms with Crippen LogP contribution in [0.1, 0.15) is 51.9 Å². The second-order valence-electron chi connectivity index (χ2n) is 8.34. The standard InChI is InChI=1S/C19H26O3/c1-18-8-6-13(21)10-12(18)2-3-14-15(18)7-9-19(11-20)16(14)4-5-17(19)22/h6,8,12,14-16,20H,2-5,7,9-11H2,1H3/t12?,14-,15-,16+,18+,19-/m1/s1. The topological polar surface area (TPSA) is 54.4 Å². The van der Waals surface area contributed by atoms with Crippen molar-refractivity contribution >= 4 is 11.6 Å². The zero-order valence-electron chi connectivity index (χ0n) is 13.4. The van der Waals surface area contributed by atoms with E-state index in [1.807, 2.05) is 0 Å². The van der Waals surface area contributed by atoms with E-state index in [4.69, 9.17) is 0 Å². The van der Waals surface area contributed by atoms with Crippen LogP contribution in [0.3, 0.4) is 0 Å². The Kier molecular flexibility index (Phi) is 3.17. The molecule has 0 spiro atoms. The molecule has 22 heavy (non-hydrogen) atoms. The maximum atomic E-state index is 12.4. The molecule has 0 radical (unpaired) electrons. The molecule has 120 valence electrons. The van der Waals surface area contributed by atoms with Crippen molar-refractivity contribution in [3.63, 3.8) is 0 Å². The molecule has 4 rings (SSSR count). The molecule has 0 saturated heterocycles. The summed E-state index contributed by atoms with van der Waals surface area (Å²) in [4.78, 5) is 24.2. The summed E-state index contributed by atoms with van der Waals surface area (Å²) in [5.41, 5.74) is -0.317. The van der Waals surface area contributed by atoms with E-state index >= 15 is 0 Å². The molecule has 0 amide bonds. The summed E-state index contributed by atoms with van der Waals surface area (Å²) in [6, 6.07) is 0. The Morgan fingerprint density at radius 3 is 2.77 bits per heavy atom. The van der Waals surface area contributed by atoms with E-state index in [9.17, 15) is 14.7 Å². The molecular formula is C19H26O3. The second kappa shape index (κ2) is 4.77. The third-order valence-electron chi connectivity index (χ3n) is 7.77. The lowest BCUT2D eigenvalue weighted by Gasteiger charge is -2.58. The number of carbonyl (C=O) groups excluding carboxylic acids is 2. The van der Waals surface area contributed by atoms with Crippen LogP contribution in [0.4, 0.5) is 0 Å². The van der Waals surface area contributed by atoms with Gasteiger partial charge in [-0.2, -0.15) is 0 Å². The summed E-state index contributed by atoms with van der Waals surface area (Å²) in [5.74, 6) is 2.55. The molecule has 3 fully saturated rings. The third kappa shape index (κ3) is 1.72. The molecule has 0 heterocycles. The summed E-state index contributed by atoms with van der Waals surface area (Å²) < 4.78 is 0. The van der Waals surface area contributed by atoms with Crippen molar-refractivity contribution < 1.29 is 14.7 Å². The monoisotopic (exact) mass is 302 g/mol. The zero-order chi connectivity index (χ0) is 15.5. The first-order chi connectivity index (χ1) is 10.5. The van der Waals surface area contributed by atoms with Crippen molar-refractivity contribution in [2.24, 2.45) is 34.5 Å². The van der Waals surface area contributed by atoms with Gasteiger partial charge in [0.05, 0.1) is 12.0 Å². The molecule has 0 aromatic carbocycles. The molecule has 3 saturated carbocycles. The maximum absolute atomic E-state index is 12.4. The number of aliphatic hydroxyl groups excluding tert-OH is 1. The molecule has 0 aromatic heterocycles. The minimum absolute atomic E-state index is 0.0359. The first-order valence-electron chi connectivity index (χ1n) is 8.87. The van der Waals surface area contributed by atoms with Crippen LogP contribution >= 0.6 is 0 Å². The van der Waals surface area contributed by atoms with Crippen molar-refractivity contribution in [1.82, 2.24) is 0 Å². The number of ketones is 2. The number of carbonyl (C=O) groups is 2. The molecule has 3 nitrogen and oxygen atoms in total. The number of Topliss-reactive ketones (excluding diaryl/α,β-unsaturated/α-hetero) is 1. The normalized spacial score (nSPS) is 50.5. The molecule has 6 atom stereocenters. The third-order valence-corrected chi connectivity index (χ3v) is 7.77. The molecular weight excluding hydrogens is 276 g/mol. The zero-order valence-corrected chi connectivity index (χ0v) is 13.4. The number of hydrogen-bond donors (Lipinski definition) is 1. The number of hydrogen-bond acceptors (Lipinski definition) is 3. The quantitative estimate of drug-likeness (QED) is 0.810. The van der Waals surface area contributed by atoms with Gasteiger partial charge < -0.3 is 5.11 Å². The second-order valence-corrected chi connectivity index (χ2v) is 8.34. The Hall–Kier alpha value is -0.960. The largest absolute Gasteiger partial charge is 0.395 e. The first kappa shape index (κ1) is 14.6. The number of rotatable bonds is 1. The van der Waals surface area contributed by atoms with E-state index in [0.29, 0.717) is 42.3 Å². The van der Waals surface area contributed by atoms with Crippen molar-refractivity contribution in [2.75, 3.05) is 6.61 Å². The highest BCUT2D eigenvalue weighted by molar-refractivity contribution is 5.91. The summed E-state index contributed by atoms with van der Waals surface area (Å²) in [7, 11) is 0. The number of allylic oxidation sites excluding steroid dienone is 2. The first-order valence-corrected chi connectivity index (χ1v) is 8.87. The summed E-state index contributed by atoms with van der Waals surface area (Å²) in [6.07, 6.45) is 10.4. The SMILES string of the molecule is C[C@]12C=CC(=O)CC1CC[C@@H]1[C@H]2CC[C@]2(CO)C(=O)CC[C@@H]12. The van der Waals surface area contributed by atoms with Crippen molar-refractivity contribution in [1.29, 1.82) is 0 Å². The van der Waals surface area contributed by atoms with E-state index in [1.165, 1.54) is 0 Å². The molecule has 0 aromatic rings. The van der Waals surface area contributed by atoms with E-state index in [1.54, 1.807) is 6.08 Å². The molecule has 1 N–H and O–H groups in total. The van der Waals surface area contributed by atoms with Crippen LogP contribution in [0, 0.1) is 34.5 Å². The van der Waals surface area contributed by atoms with Gasteiger partial charge in [-0.15, -0.1) is 0 Å². The Balaban J connectivity index is 1.70. The average molecular weight is 302 g/mol. The van der Waals surface area contributed by atoms with Crippen molar-refractivity contribution in [2.45, 2.75) is 51.9 Å². The van der Waals surface area contributed by atoms with Crippen LogP contribution < -0.4 is 0 Å². The van der Waals surface area contributed by atoms with Gasteiger partial charge in [0.25, 0.3) is 0 Å².